The van der Waals surface area contributed by atoms with Gasteiger partial charge in [0, 0.05) is 17.3 Å². The van der Waals surface area contributed by atoms with Gasteiger partial charge in [-0.25, -0.2) is 0 Å². The Bertz CT molecular complexity index is 576. The minimum Gasteiger partial charge on any atom is -0.491 e. The lowest BCUT2D eigenvalue weighted by Crippen LogP contribution is -2.13. The van der Waals surface area contributed by atoms with Gasteiger partial charge >= 0.3 is 0 Å². The molecule has 2 rings (SSSR count). The molecular weight excluding hydrogens is 242 g/mol. The average Bonchev–Trinajstić information content (AvgIpc) is 2.74. The van der Waals surface area contributed by atoms with Crippen molar-refractivity contribution in [3.63, 3.8) is 0 Å². The zero-order chi connectivity index (χ0) is 13.8. The van der Waals surface area contributed by atoms with Crippen molar-refractivity contribution < 1.29 is 9.53 Å². The monoisotopic (exact) mass is 259 g/mol. The first kappa shape index (κ1) is 13.1. The molecule has 1 amide bonds. The van der Waals surface area contributed by atoms with E-state index in [1.807, 2.05) is 26.8 Å². The van der Waals surface area contributed by atoms with Crippen molar-refractivity contribution in [2.24, 2.45) is 0 Å². The molecule has 0 aliphatic heterocycles. The maximum absolute atomic E-state index is 12.0. The number of carbonyl (C=O) groups excluding carboxylic acids is 1. The molecule has 0 spiro atoms. The van der Waals surface area contributed by atoms with Crippen LogP contribution in [0.5, 0.6) is 5.75 Å². The van der Waals surface area contributed by atoms with Gasteiger partial charge in [0.05, 0.1) is 6.10 Å². The van der Waals surface area contributed by atoms with Crippen LogP contribution in [0.2, 0.25) is 0 Å². The Hall–Kier alpha value is -2.30. The van der Waals surface area contributed by atoms with E-state index in [9.17, 15) is 4.79 Å². The van der Waals surface area contributed by atoms with Crippen LogP contribution < -0.4 is 10.1 Å². The number of aryl methyl sites for hydroxylation is 1. The summed E-state index contributed by atoms with van der Waals surface area (Å²) >= 11 is 0. The van der Waals surface area contributed by atoms with Crippen LogP contribution in [0.4, 0.5) is 5.82 Å². The molecule has 1 aromatic heterocycles. The lowest BCUT2D eigenvalue weighted by Gasteiger charge is -2.10. The summed E-state index contributed by atoms with van der Waals surface area (Å²) in [5.41, 5.74) is 1.44. The van der Waals surface area contributed by atoms with Gasteiger partial charge in [-0.1, -0.05) is 6.07 Å². The van der Waals surface area contributed by atoms with Crippen LogP contribution in [0, 0.1) is 6.92 Å². The SMILES string of the molecule is Cc1cc(NC(=O)c2cccc(OC(C)C)c2)n[nH]1. The van der Waals surface area contributed by atoms with E-state index in [-0.39, 0.29) is 12.0 Å². The standard InChI is InChI=1S/C14H17N3O2/c1-9(2)19-12-6-4-5-11(8-12)14(18)15-13-7-10(3)16-17-13/h4-9H,1-3H3,(H2,15,16,17,18). The molecular formula is C14H17N3O2. The van der Waals surface area contributed by atoms with Gasteiger partial charge in [0.2, 0.25) is 0 Å². The molecule has 100 valence electrons. The fraction of sp³-hybridized carbons (Fsp3) is 0.286. The molecule has 0 atom stereocenters. The number of H-pyrrole nitrogens is 1. The van der Waals surface area contributed by atoms with Gasteiger partial charge in [-0.05, 0) is 39.0 Å². The summed E-state index contributed by atoms with van der Waals surface area (Å²) in [7, 11) is 0. The summed E-state index contributed by atoms with van der Waals surface area (Å²) in [6, 6.07) is 8.85. The highest BCUT2D eigenvalue weighted by Crippen LogP contribution is 2.16. The Morgan fingerprint density at radius 3 is 2.79 bits per heavy atom. The Kier molecular flexibility index (Phi) is 3.85. The minimum absolute atomic E-state index is 0.0762. The van der Waals surface area contributed by atoms with Crippen molar-refractivity contribution in [2.45, 2.75) is 26.9 Å². The topological polar surface area (TPSA) is 67.0 Å². The normalized spacial score (nSPS) is 10.5. The van der Waals surface area contributed by atoms with Gasteiger partial charge in [0.15, 0.2) is 5.82 Å². The number of amides is 1. The first-order valence-corrected chi connectivity index (χ1v) is 6.14. The summed E-state index contributed by atoms with van der Waals surface area (Å²) in [5, 5.41) is 9.46. The molecule has 1 heterocycles. The number of rotatable bonds is 4. The van der Waals surface area contributed by atoms with Crippen LogP contribution in [0.15, 0.2) is 30.3 Å². The largest absolute Gasteiger partial charge is 0.491 e. The summed E-state index contributed by atoms with van der Waals surface area (Å²) in [4.78, 5) is 12.0. The van der Waals surface area contributed by atoms with E-state index in [4.69, 9.17) is 4.74 Å². The van der Waals surface area contributed by atoms with E-state index in [0.717, 1.165) is 5.69 Å². The number of anilines is 1. The van der Waals surface area contributed by atoms with Crippen molar-refractivity contribution in [1.82, 2.24) is 10.2 Å². The number of benzene rings is 1. The molecule has 2 N–H and O–H groups in total. The molecule has 2 aromatic rings. The van der Waals surface area contributed by atoms with Gasteiger partial charge in [-0.2, -0.15) is 5.10 Å². The van der Waals surface area contributed by atoms with Crippen molar-refractivity contribution >= 4 is 11.7 Å². The predicted molar refractivity (Wildman–Crippen MR) is 73.5 cm³/mol. The molecule has 5 nitrogen and oxygen atoms in total. The summed E-state index contributed by atoms with van der Waals surface area (Å²) < 4.78 is 5.56. The van der Waals surface area contributed by atoms with Crippen molar-refractivity contribution in [3.8, 4) is 5.75 Å². The third kappa shape index (κ3) is 3.58. The van der Waals surface area contributed by atoms with Crippen LogP contribution >= 0.6 is 0 Å². The highest BCUT2D eigenvalue weighted by molar-refractivity contribution is 6.04. The molecule has 0 unspecified atom stereocenters. The molecule has 0 aliphatic rings. The highest BCUT2D eigenvalue weighted by Gasteiger charge is 2.09. The predicted octanol–water partition coefficient (Wildman–Crippen LogP) is 2.76. The van der Waals surface area contributed by atoms with Crippen molar-refractivity contribution in [2.75, 3.05) is 5.32 Å². The van der Waals surface area contributed by atoms with Gasteiger partial charge in [0.1, 0.15) is 5.75 Å². The Balaban J connectivity index is 2.10. The lowest BCUT2D eigenvalue weighted by atomic mass is 10.2. The number of aromatic amines is 1. The molecule has 0 bridgehead atoms. The molecule has 0 saturated carbocycles. The van der Waals surface area contributed by atoms with Crippen LogP contribution in [0.3, 0.4) is 0 Å². The summed E-state index contributed by atoms with van der Waals surface area (Å²) in [6.45, 7) is 5.76. The molecule has 0 radical (unpaired) electrons. The third-order valence-corrected chi connectivity index (χ3v) is 2.42. The lowest BCUT2D eigenvalue weighted by molar-refractivity contribution is 0.102. The third-order valence-electron chi connectivity index (χ3n) is 2.42. The second-order valence-corrected chi connectivity index (χ2v) is 4.58. The number of carbonyl (C=O) groups is 1. The number of hydrogen-bond donors (Lipinski definition) is 2. The van der Waals surface area contributed by atoms with Crippen molar-refractivity contribution in [1.29, 1.82) is 0 Å². The molecule has 19 heavy (non-hydrogen) atoms. The average molecular weight is 259 g/mol. The second kappa shape index (κ2) is 5.56. The summed E-state index contributed by atoms with van der Waals surface area (Å²) in [5.74, 6) is 0.985. The first-order valence-electron chi connectivity index (χ1n) is 6.14. The van der Waals surface area contributed by atoms with Gasteiger partial charge in [-0.15, -0.1) is 0 Å². The quantitative estimate of drug-likeness (QED) is 0.887. The van der Waals surface area contributed by atoms with Crippen LogP contribution in [-0.2, 0) is 0 Å². The van der Waals surface area contributed by atoms with E-state index in [1.165, 1.54) is 0 Å². The maximum Gasteiger partial charge on any atom is 0.256 e. The smallest absolute Gasteiger partial charge is 0.256 e. The fourth-order valence-electron chi connectivity index (χ4n) is 1.65. The number of aromatic nitrogens is 2. The van der Waals surface area contributed by atoms with E-state index < -0.39 is 0 Å². The van der Waals surface area contributed by atoms with E-state index in [0.29, 0.717) is 17.1 Å². The van der Waals surface area contributed by atoms with Gasteiger partial charge < -0.3 is 10.1 Å². The van der Waals surface area contributed by atoms with E-state index in [1.54, 1.807) is 24.3 Å². The van der Waals surface area contributed by atoms with Crippen LogP contribution in [0.1, 0.15) is 29.9 Å². The van der Waals surface area contributed by atoms with E-state index >= 15 is 0 Å². The maximum atomic E-state index is 12.0. The van der Waals surface area contributed by atoms with Crippen molar-refractivity contribution in [3.05, 3.63) is 41.6 Å². The molecule has 1 aromatic carbocycles. The van der Waals surface area contributed by atoms with Gasteiger partial charge in [0.25, 0.3) is 5.91 Å². The van der Waals surface area contributed by atoms with Crippen LogP contribution in [0.25, 0.3) is 0 Å². The number of nitrogens with one attached hydrogen (secondary N) is 2. The number of ether oxygens (including phenoxy) is 1. The fourth-order valence-corrected chi connectivity index (χ4v) is 1.65. The molecule has 5 heteroatoms. The number of nitrogens with zero attached hydrogens (tertiary/aromatic N) is 1. The minimum atomic E-state index is -0.208. The Morgan fingerprint density at radius 1 is 1.37 bits per heavy atom. The molecule has 0 fully saturated rings. The highest BCUT2D eigenvalue weighted by atomic mass is 16.5. The molecule has 0 saturated heterocycles. The van der Waals surface area contributed by atoms with E-state index in [2.05, 4.69) is 15.5 Å². The summed E-state index contributed by atoms with van der Waals surface area (Å²) in [6.07, 6.45) is 0.0762. The van der Waals surface area contributed by atoms with Crippen LogP contribution in [-0.4, -0.2) is 22.2 Å². The Morgan fingerprint density at radius 2 is 2.16 bits per heavy atom. The number of hydrogen-bond acceptors (Lipinski definition) is 3. The second-order valence-electron chi connectivity index (χ2n) is 4.58. The molecule has 0 aliphatic carbocycles. The Labute approximate surface area is 112 Å². The zero-order valence-corrected chi connectivity index (χ0v) is 11.2. The van der Waals surface area contributed by atoms with Gasteiger partial charge in [-0.3, -0.25) is 9.89 Å². The first-order chi connectivity index (χ1) is 9.04. The zero-order valence-electron chi connectivity index (χ0n) is 11.2.